The number of carbonyl (C=O) groups is 1. The molecule has 0 aliphatic heterocycles. The molecule has 0 radical (unpaired) electrons. The summed E-state index contributed by atoms with van der Waals surface area (Å²) in [7, 11) is 0. The fourth-order valence-corrected chi connectivity index (χ4v) is 4.72. The number of benzene rings is 1. The van der Waals surface area contributed by atoms with E-state index in [4.69, 9.17) is 10.7 Å². The van der Waals surface area contributed by atoms with Crippen molar-refractivity contribution < 1.29 is 4.79 Å². The zero-order chi connectivity index (χ0) is 19.0. The van der Waals surface area contributed by atoms with Crippen LogP contribution in [-0.4, -0.2) is 16.9 Å². The van der Waals surface area contributed by atoms with Crippen LogP contribution in [-0.2, 0) is 0 Å². The van der Waals surface area contributed by atoms with Crippen LogP contribution in [0.1, 0.15) is 23.5 Å². The molecule has 3 heterocycles. The number of nitrogen functional groups attached to an aromatic ring is 1. The lowest BCUT2D eigenvalue weighted by atomic mass is 10.0. The monoisotopic (exact) mass is 393 g/mol. The van der Waals surface area contributed by atoms with Crippen molar-refractivity contribution in [3.8, 4) is 21.7 Å². The van der Waals surface area contributed by atoms with Crippen LogP contribution in [0.2, 0.25) is 0 Å². The van der Waals surface area contributed by atoms with E-state index in [1.807, 2.05) is 43.5 Å². The predicted octanol–water partition coefficient (Wildman–Crippen LogP) is 5.41. The van der Waals surface area contributed by atoms with Crippen LogP contribution in [0.5, 0.6) is 0 Å². The van der Waals surface area contributed by atoms with Gasteiger partial charge in [0, 0.05) is 11.4 Å². The van der Waals surface area contributed by atoms with E-state index in [1.54, 1.807) is 11.3 Å². The van der Waals surface area contributed by atoms with Crippen LogP contribution in [0, 0.1) is 0 Å². The molecule has 0 aliphatic rings. The van der Waals surface area contributed by atoms with Gasteiger partial charge in [-0.3, -0.25) is 4.79 Å². The summed E-state index contributed by atoms with van der Waals surface area (Å²) in [5.41, 5.74) is 9.89. The molecule has 0 fully saturated rings. The fourth-order valence-electron chi connectivity index (χ4n) is 3.01. The number of carbonyl (C=O) groups excluding carboxylic acids is 1. The van der Waals surface area contributed by atoms with Gasteiger partial charge in [-0.05, 0) is 42.5 Å². The van der Waals surface area contributed by atoms with Gasteiger partial charge in [-0.15, -0.1) is 22.7 Å². The van der Waals surface area contributed by atoms with E-state index in [2.05, 4.69) is 29.6 Å². The van der Waals surface area contributed by atoms with Crippen molar-refractivity contribution in [3.05, 3.63) is 58.8 Å². The van der Waals surface area contributed by atoms with E-state index in [0.717, 1.165) is 31.9 Å². The van der Waals surface area contributed by atoms with Crippen LogP contribution in [0.15, 0.2) is 53.9 Å². The summed E-state index contributed by atoms with van der Waals surface area (Å²) in [6.45, 7) is 3.87. The quantitative estimate of drug-likeness (QED) is 0.487. The number of hydrogen-bond donors (Lipinski definition) is 2. The number of pyridine rings is 1. The van der Waals surface area contributed by atoms with Crippen molar-refractivity contribution in [1.29, 1.82) is 0 Å². The normalized spacial score (nSPS) is 11.2. The maximum atomic E-state index is 12.6. The van der Waals surface area contributed by atoms with Crippen LogP contribution in [0.3, 0.4) is 0 Å². The second kappa shape index (κ2) is 7.13. The molecule has 0 saturated heterocycles. The third kappa shape index (κ3) is 3.34. The summed E-state index contributed by atoms with van der Waals surface area (Å²) in [4.78, 5) is 19.8. The van der Waals surface area contributed by atoms with E-state index in [0.29, 0.717) is 10.6 Å². The molecule has 0 spiro atoms. The van der Waals surface area contributed by atoms with E-state index < -0.39 is 0 Å². The largest absolute Gasteiger partial charge is 0.397 e. The number of anilines is 1. The average Bonchev–Trinajstić information content (AvgIpc) is 3.30. The summed E-state index contributed by atoms with van der Waals surface area (Å²) in [6, 6.07) is 16.3. The van der Waals surface area contributed by atoms with Gasteiger partial charge in [0.1, 0.15) is 9.71 Å². The van der Waals surface area contributed by atoms with E-state index in [9.17, 15) is 4.79 Å². The van der Waals surface area contributed by atoms with Gasteiger partial charge in [0.2, 0.25) is 0 Å². The Morgan fingerprint density at radius 2 is 1.93 bits per heavy atom. The minimum absolute atomic E-state index is 0.0466. The standard InChI is InChI=1S/C21H19N3OS2/c1-12(2)23-20(25)19-18(22)17-14(13-7-4-3-5-8-13)11-15(24-21(17)27-19)16-9-6-10-26-16/h3-12H,22H2,1-2H3,(H,23,25). The molecular formula is C21H19N3OS2. The van der Waals surface area contributed by atoms with Gasteiger partial charge in [0.05, 0.1) is 16.3 Å². The van der Waals surface area contributed by atoms with Gasteiger partial charge >= 0.3 is 0 Å². The minimum atomic E-state index is -0.151. The van der Waals surface area contributed by atoms with Crippen LogP contribution in [0.4, 0.5) is 5.69 Å². The lowest BCUT2D eigenvalue weighted by Gasteiger charge is -2.08. The number of nitrogens with zero attached hydrogens (tertiary/aromatic N) is 1. The maximum Gasteiger partial charge on any atom is 0.263 e. The summed E-state index contributed by atoms with van der Waals surface area (Å²) in [6.07, 6.45) is 0. The van der Waals surface area contributed by atoms with Gasteiger partial charge in [0.15, 0.2) is 0 Å². The van der Waals surface area contributed by atoms with Gasteiger partial charge in [-0.2, -0.15) is 0 Å². The Balaban J connectivity index is 1.97. The van der Waals surface area contributed by atoms with Gasteiger partial charge in [-0.1, -0.05) is 36.4 Å². The van der Waals surface area contributed by atoms with Crippen LogP contribution in [0.25, 0.3) is 31.9 Å². The number of nitrogens with one attached hydrogen (secondary N) is 1. The molecule has 3 N–H and O–H groups in total. The molecule has 6 heteroatoms. The van der Waals surface area contributed by atoms with Gasteiger partial charge in [0.25, 0.3) is 5.91 Å². The molecule has 27 heavy (non-hydrogen) atoms. The number of fused-ring (bicyclic) bond motifs is 1. The zero-order valence-electron chi connectivity index (χ0n) is 15.0. The second-order valence-corrected chi connectivity index (χ2v) is 8.50. The first-order valence-electron chi connectivity index (χ1n) is 8.67. The third-order valence-corrected chi connectivity index (χ3v) is 6.17. The zero-order valence-corrected chi connectivity index (χ0v) is 16.7. The Bertz CT molecular complexity index is 1100. The third-order valence-electron chi connectivity index (χ3n) is 4.18. The fraction of sp³-hybridized carbons (Fsp3) is 0.143. The maximum absolute atomic E-state index is 12.6. The molecule has 0 bridgehead atoms. The first kappa shape index (κ1) is 17.7. The molecule has 4 aromatic rings. The molecule has 0 aliphatic carbocycles. The van der Waals surface area contributed by atoms with Gasteiger partial charge in [-0.25, -0.2) is 4.98 Å². The smallest absolute Gasteiger partial charge is 0.263 e. The van der Waals surface area contributed by atoms with Crippen molar-refractivity contribution >= 4 is 44.5 Å². The molecule has 1 amide bonds. The number of hydrogen-bond acceptors (Lipinski definition) is 5. The number of rotatable bonds is 4. The Morgan fingerprint density at radius 1 is 1.15 bits per heavy atom. The summed E-state index contributed by atoms with van der Waals surface area (Å²) >= 11 is 3.00. The highest BCUT2D eigenvalue weighted by atomic mass is 32.1. The Labute approximate surface area is 165 Å². The van der Waals surface area contributed by atoms with Crippen molar-refractivity contribution in [2.45, 2.75) is 19.9 Å². The van der Waals surface area contributed by atoms with E-state index in [1.165, 1.54) is 11.3 Å². The average molecular weight is 394 g/mol. The SMILES string of the molecule is CC(C)NC(=O)c1sc2nc(-c3cccs3)cc(-c3ccccc3)c2c1N. The highest BCUT2D eigenvalue weighted by Gasteiger charge is 2.22. The molecule has 0 saturated carbocycles. The summed E-state index contributed by atoms with van der Waals surface area (Å²) in [5.74, 6) is -0.151. The van der Waals surface area contributed by atoms with Gasteiger partial charge < -0.3 is 11.1 Å². The number of amides is 1. The van der Waals surface area contributed by atoms with Crippen LogP contribution >= 0.6 is 22.7 Å². The summed E-state index contributed by atoms with van der Waals surface area (Å²) in [5, 5.41) is 5.81. The van der Waals surface area contributed by atoms with Crippen molar-refractivity contribution in [1.82, 2.24) is 10.3 Å². The topological polar surface area (TPSA) is 68.0 Å². The minimum Gasteiger partial charge on any atom is -0.397 e. The highest BCUT2D eigenvalue weighted by Crippen LogP contribution is 2.41. The molecule has 4 nitrogen and oxygen atoms in total. The molecule has 4 rings (SSSR count). The molecule has 136 valence electrons. The number of aromatic nitrogens is 1. The lowest BCUT2D eigenvalue weighted by Crippen LogP contribution is -2.29. The van der Waals surface area contributed by atoms with Crippen molar-refractivity contribution in [2.75, 3.05) is 5.73 Å². The summed E-state index contributed by atoms with van der Waals surface area (Å²) < 4.78 is 0. The Morgan fingerprint density at radius 3 is 2.59 bits per heavy atom. The molecule has 0 unspecified atom stereocenters. The Hall–Kier alpha value is -2.70. The molecular weight excluding hydrogens is 374 g/mol. The first-order valence-corrected chi connectivity index (χ1v) is 10.4. The molecule has 0 atom stereocenters. The van der Waals surface area contributed by atoms with E-state index >= 15 is 0 Å². The van der Waals surface area contributed by atoms with E-state index in [-0.39, 0.29) is 11.9 Å². The van der Waals surface area contributed by atoms with Crippen molar-refractivity contribution in [3.63, 3.8) is 0 Å². The molecule has 1 aromatic carbocycles. The lowest BCUT2D eigenvalue weighted by molar-refractivity contribution is 0.0948. The van der Waals surface area contributed by atoms with Crippen LogP contribution < -0.4 is 11.1 Å². The second-order valence-electron chi connectivity index (χ2n) is 6.55. The number of nitrogens with two attached hydrogens (primary N) is 1. The first-order chi connectivity index (χ1) is 13.0. The molecule has 3 aromatic heterocycles. The van der Waals surface area contributed by atoms with Crippen molar-refractivity contribution in [2.24, 2.45) is 0 Å². The predicted molar refractivity (Wildman–Crippen MR) is 115 cm³/mol. The Kier molecular flexibility index (Phi) is 4.68. The highest BCUT2D eigenvalue weighted by molar-refractivity contribution is 7.21. The number of thiophene rings is 2.